The summed E-state index contributed by atoms with van der Waals surface area (Å²) in [6.45, 7) is 1.29. The first-order valence-electron chi connectivity index (χ1n) is 4.97. The van der Waals surface area contributed by atoms with Crippen molar-refractivity contribution < 1.29 is 9.13 Å². The average Bonchev–Trinajstić information content (AvgIpc) is 2.24. The lowest BCUT2D eigenvalue weighted by Gasteiger charge is -2.27. The number of nitrogens with one attached hydrogen (secondary N) is 1. The Morgan fingerprint density at radius 3 is 3.00 bits per heavy atom. The molecule has 0 aromatic heterocycles. The molecule has 1 N–H and O–H groups in total. The number of fused-ring (bicyclic) bond motifs is 1. The van der Waals surface area contributed by atoms with Crippen molar-refractivity contribution in [2.75, 3.05) is 20.2 Å². The summed E-state index contributed by atoms with van der Waals surface area (Å²) in [5.41, 5.74) is 1.74. The molecule has 90 valence electrons. The molecule has 1 unspecified atom stereocenters. The predicted octanol–water partition coefficient (Wildman–Crippen LogP) is 3.06. The van der Waals surface area contributed by atoms with Gasteiger partial charge in [-0.3, -0.25) is 0 Å². The van der Waals surface area contributed by atoms with Crippen molar-refractivity contribution in [2.45, 2.75) is 20.0 Å². The lowest BCUT2D eigenvalue weighted by Crippen LogP contribution is -2.26. The summed E-state index contributed by atoms with van der Waals surface area (Å²) in [5, 5.41) is 3.02. The zero-order valence-electron chi connectivity index (χ0n) is 8.52. The number of benzene rings is 1. The second kappa shape index (κ2) is 5.75. The van der Waals surface area contributed by atoms with Gasteiger partial charge in [0.1, 0.15) is 5.82 Å². The van der Waals surface area contributed by atoms with Gasteiger partial charge in [0.05, 0.1) is 12.7 Å². The maximum atomic E-state index is 13.7. The molecule has 2 nitrogen and oxygen atoms in total. The van der Waals surface area contributed by atoms with E-state index in [9.17, 15) is 4.39 Å². The van der Waals surface area contributed by atoms with Crippen molar-refractivity contribution in [1.82, 2.24) is 5.32 Å². The monoisotopic (exact) mass is 289 g/mol. The molecule has 2 rings (SSSR count). The third-order valence-electron chi connectivity index (χ3n) is 2.63. The van der Waals surface area contributed by atoms with E-state index in [1.807, 2.05) is 7.05 Å². The van der Waals surface area contributed by atoms with E-state index in [1.165, 1.54) is 6.07 Å². The maximum Gasteiger partial charge on any atom is 0.129 e. The number of likely N-dealkylation sites (N-methyl/N-ethyl adjacent to an activating group) is 1. The highest BCUT2D eigenvalue weighted by Gasteiger charge is 2.25. The summed E-state index contributed by atoms with van der Waals surface area (Å²) in [4.78, 5) is 0. The van der Waals surface area contributed by atoms with E-state index >= 15 is 0 Å². The topological polar surface area (TPSA) is 21.3 Å². The van der Waals surface area contributed by atoms with Gasteiger partial charge in [-0.25, -0.2) is 4.39 Å². The van der Waals surface area contributed by atoms with Gasteiger partial charge in [0.25, 0.3) is 0 Å². The summed E-state index contributed by atoms with van der Waals surface area (Å²) < 4.78 is 20.2. The summed E-state index contributed by atoms with van der Waals surface area (Å²) in [5.74, 6) is -0.173. The van der Waals surface area contributed by atoms with Crippen LogP contribution in [0.5, 0.6) is 0 Å². The molecule has 0 radical (unpaired) electrons. The maximum absolute atomic E-state index is 13.7. The number of hydrogen-bond donors (Lipinski definition) is 1. The van der Waals surface area contributed by atoms with Gasteiger partial charge in [-0.2, -0.15) is 0 Å². The second-order valence-corrected chi connectivity index (χ2v) is 4.44. The van der Waals surface area contributed by atoms with Gasteiger partial charge in [0.2, 0.25) is 0 Å². The SMILES string of the molecule is C.CNCC1OCCc2c(Br)ccc(F)c21. The Morgan fingerprint density at radius 2 is 2.31 bits per heavy atom. The molecule has 0 amide bonds. The van der Waals surface area contributed by atoms with Crippen LogP contribution in [-0.4, -0.2) is 20.2 Å². The highest BCUT2D eigenvalue weighted by molar-refractivity contribution is 9.10. The minimum Gasteiger partial charge on any atom is -0.372 e. The van der Waals surface area contributed by atoms with Crippen LogP contribution in [0.4, 0.5) is 4.39 Å². The van der Waals surface area contributed by atoms with Crippen molar-refractivity contribution in [1.29, 1.82) is 0 Å². The van der Waals surface area contributed by atoms with Crippen molar-refractivity contribution in [2.24, 2.45) is 0 Å². The highest BCUT2D eigenvalue weighted by Crippen LogP contribution is 2.33. The van der Waals surface area contributed by atoms with Crippen LogP contribution in [0.1, 0.15) is 24.7 Å². The van der Waals surface area contributed by atoms with Crippen molar-refractivity contribution in [3.05, 3.63) is 33.5 Å². The lowest BCUT2D eigenvalue weighted by molar-refractivity contribution is 0.0408. The third kappa shape index (κ3) is 2.44. The van der Waals surface area contributed by atoms with Crippen LogP contribution in [0.3, 0.4) is 0 Å². The Hall–Kier alpha value is -0.450. The average molecular weight is 290 g/mol. The number of hydrogen-bond acceptors (Lipinski definition) is 2. The summed E-state index contributed by atoms with van der Waals surface area (Å²) in [6.07, 6.45) is 0.602. The predicted molar refractivity (Wildman–Crippen MR) is 67.2 cm³/mol. The summed E-state index contributed by atoms with van der Waals surface area (Å²) >= 11 is 3.45. The van der Waals surface area contributed by atoms with Gasteiger partial charge in [0.15, 0.2) is 0 Å². The third-order valence-corrected chi connectivity index (χ3v) is 3.37. The zero-order valence-corrected chi connectivity index (χ0v) is 10.1. The molecule has 16 heavy (non-hydrogen) atoms. The van der Waals surface area contributed by atoms with E-state index in [2.05, 4.69) is 21.2 Å². The van der Waals surface area contributed by atoms with E-state index in [4.69, 9.17) is 4.74 Å². The first-order chi connectivity index (χ1) is 7.24. The Bertz CT molecular complexity index is 370. The Balaban J connectivity index is 0.00000128. The second-order valence-electron chi connectivity index (χ2n) is 3.59. The van der Waals surface area contributed by atoms with Crippen LogP contribution in [0.2, 0.25) is 0 Å². The molecule has 0 fully saturated rings. The van der Waals surface area contributed by atoms with Gasteiger partial charge in [-0.1, -0.05) is 23.4 Å². The van der Waals surface area contributed by atoms with Crippen molar-refractivity contribution in [3.63, 3.8) is 0 Å². The van der Waals surface area contributed by atoms with Crippen LogP contribution in [0.25, 0.3) is 0 Å². The normalized spacial score (nSPS) is 18.8. The van der Waals surface area contributed by atoms with E-state index in [-0.39, 0.29) is 19.3 Å². The van der Waals surface area contributed by atoms with Crippen LogP contribution < -0.4 is 5.32 Å². The highest BCUT2D eigenvalue weighted by atomic mass is 79.9. The Labute approximate surface area is 104 Å². The van der Waals surface area contributed by atoms with E-state index in [0.717, 1.165) is 16.5 Å². The van der Waals surface area contributed by atoms with Crippen molar-refractivity contribution >= 4 is 15.9 Å². The molecule has 1 aliphatic rings. The van der Waals surface area contributed by atoms with Crippen LogP contribution >= 0.6 is 15.9 Å². The minimum atomic E-state index is -0.173. The Morgan fingerprint density at radius 1 is 1.56 bits per heavy atom. The molecule has 0 spiro atoms. The summed E-state index contributed by atoms with van der Waals surface area (Å²) in [7, 11) is 1.84. The van der Waals surface area contributed by atoms with Gasteiger partial charge in [-0.15, -0.1) is 0 Å². The van der Waals surface area contributed by atoms with Crippen molar-refractivity contribution in [3.8, 4) is 0 Å². The molecule has 0 bridgehead atoms. The van der Waals surface area contributed by atoms with E-state index in [0.29, 0.717) is 18.7 Å². The van der Waals surface area contributed by atoms with Gasteiger partial charge in [-0.05, 0) is 31.2 Å². The molecule has 1 aliphatic heterocycles. The van der Waals surface area contributed by atoms with E-state index in [1.54, 1.807) is 6.07 Å². The molecule has 1 aromatic rings. The fourth-order valence-electron chi connectivity index (χ4n) is 1.94. The lowest BCUT2D eigenvalue weighted by atomic mass is 9.97. The molecular formula is C12H17BrFNO. The fourth-order valence-corrected chi connectivity index (χ4v) is 2.49. The molecule has 1 aromatic carbocycles. The number of halogens is 2. The standard InChI is InChI=1S/C11H13BrFNO.CH4/c1-14-6-10-11-7(4-5-15-10)8(12)2-3-9(11)13;/h2-3,10,14H,4-6H2,1H3;1H4. The molecule has 0 saturated carbocycles. The first kappa shape index (κ1) is 13.6. The first-order valence-corrected chi connectivity index (χ1v) is 5.76. The molecule has 0 aliphatic carbocycles. The molecule has 1 atom stereocenters. The smallest absolute Gasteiger partial charge is 0.129 e. The molecule has 4 heteroatoms. The molecular weight excluding hydrogens is 273 g/mol. The van der Waals surface area contributed by atoms with Crippen LogP contribution in [0.15, 0.2) is 16.6 Å². The van der Waals surface area contributed by atoms with E-state index < -0.39 is 0 Å². The van der Waals surface area contributed by atoms with Gasteiger partial charge < -0.3 is 10.1 Å². The van der Waals surface area contributed by atoms with Crippen LogP contribution in [0, 0.1) is 5.82 Å². The number of ether oxygens (including phenoxy) is 1. The summed E-state index contributed by atoms with van der Waals surface area (Å²) in [6, 6.07) is 3.25. The van der Waals surface area contributed by atoms with Crippen LogP contribution in [-0.2, 0) is 11.2 Å². The zero-order chi connectivity index (χ0) is 10.8. The fraction of sp³-hybridized carbons (Fsp3) is 0.500. The quantitative estimate of drug-likeness (QED) is 0.904. The number of rotatable bonds is 2. The largest absolute Gasteiger partial charge is 0.372 e. The van der Waals surface area contributed by atoms with Gasteiger partial charge in [0, 0.05) is 16.6 Å². The van der Waals surface area contributed by atoms with Gasteiger partial charge >= 0.3 is 0 Å². The molecule has 1 heterocycles. The minimum absolute atomic E-state index is 0. The molecule has 0 saturated heterocycles. The Kier molecular flexibility index (Phi) is 4.89.